The Labute approximate surface area is 188 Å². The molecule has 1 aromatic heterocycles. The van der Waals surface area contributed by atoms with Crippen LogP contribution in [0.25, 0.3) is 16.9 Å². The molecule has 5 nitrogen and oxygen atoms in total. The molecule has 1 N–H and O–H groups in total. The second kappa shape index (κ2) is 9.20. The fourth-order valence-electron chi connectivity index (χ4n) is 3.34. The monoisotopic (exact) mass is 451 g/mol. The van der Waals surface area contributed by atoms with E-state index in [1.165, 1.54) is 16.8 Å². The van der Waals surface area contributed by atoms with E-state index in [1.807, 2.05) is 42.5 Å². The zero-order chi connectivity index (χ0) is 23.4. The highest BCUT2D eigenvalue weighted by Crippen LogP contribution is 2.29. The van der Waals surface area contributed by atoms with Crippen LogP contribution in [0.2, 0.25) is 0 Å². The Hall–Kier alpha value is -4.07. The molecule has 1 heterocycles. The standard InChI is InChI=1S/C25H20F3N3O2/c1-33-21-12-10-18(11-13-21)22-15-23(31(30-22)20-8-3-2-4-9-20)24(32)29-16-17-6-5-7-19(14-17)25(26,27)28/h2-15H,16H2,1H3,(H,29,32). The molecule has 1 amide bonds. The molecule has 0 unspecified atom stereocenters. The van der Waals surface area contributed by atoms with Gasteiger partial charge in [-0.3, -0.25) is 4.79 Å². The molecule has 0 atom stereocenters. The Kier molecular flexibility index (Phi) is 6.17. The average molecular weight is 451 g/mol. The largest absolute Gasteiger partial charge is 0.497 e. The maximum atomic E-state index is 13.0. The number of rotatable bonds is 6. The second-order valence-electron chi connectivity index (χ2n) is 7.27. The number of hydrogen-bond acceptors (Lipinski definition) is 3. The van der Waals surface area contributed by atoms with Gasteiger partial charge in [0, 0.05) is 12.1 Å². The van der Waals surface area contributed by atoms with Crippen LogP contribution >= 0.6 is 0 Å². The molecule has 3 aromatic carbocycles. The average Bonchev–Trinajstić information content (AvgIpc) is 3.28. The highest BCUT2D eigenvalue weighted by atomic mass is 19.4. The summed E-state index contributed by atoms with van der Waals surface area (Å²) in [6.45, 7) is -0.0550. The van der Waals surface area contributed by atoms with Gasteiger partial charge in [-0.05, 0) is 60.2 Å². The van der Waals surface area contributed by atoms with Crippen LogP contribution in [-0.4, -0.2) is 22.8 Å². The lowest BCUT2D eigenvalue weighted by molar-refractivity contribution is -0.137. The third-order valence-corrected chi connectivity index (χ3v) is 5.04. The van der Waals surface area contributed by atoms with E-state index in [0.717, 1.165) is 17.7 Å². The number of nitrogens with zero attached hydrogens (tertiary/aromatic N) is 2. The van der Waals surface area contributed by atoms with E-state index in [0.29, 0.717) is 22.7 Å². The van der Waals surface area contributed by atoms with Crippen LogP contribution in [0.4, 0.5) is 13.2 Å². The molecule has 0 fully saturated rings. The zero-order valence-electron chi connectivity index (χ0n) is 17.6. The van der Waals surface area contributed by atoms with E-state index in [-0.39, 0.29) is 12.2 Å². The van der Waals surface area contributed by atoms with Gasteiger partial charge < -0.3 is 10.1 Å². The van der Waals surface area contributed by atoms with Crippen LogP contribution in [0.5, 0.6) is 5.75 Å². The van der Waals surface area contributed by atoms with Crippen LogP contribution in [0, 0.1) is 0 Å². The number of benzene rings is 3. The maximum absolute atomic E-state index is 13.0. The molecule has 4 aromatic rings. The molecule has 0 aliphatic heterocycles. The predicted octanol–water partition coefficient (Wildman–Crippen LogP) is 5.50. The number of carbonyl (C=O) groups excluding carboxylic acids is 1. The number of hydrogen-bond donors (Lipinski definition) is 1. The Balaban J connectivity index is 1.62. The summed E-state index contributed by atoms with van der Waals surface area (Å²) in [5, 5.41) is 7.29. The topological polar surface area (TPSA) is 56.1 Å². The van der Waals surface area contributed by atoms with E-state index in [1.54, 1.807) is 25.3 Å². The number of ether oxygens (including phenoxy) is 1. The van der Waals surface area contributed by atoms with E-state index in [4.69, 9.17) is 4.74 Å². The lowest BCUT2D eigenvalue weighted by atomic mass is 10.1. The fraction of sp³-hybridized carbons (Fsp3) is 0.120. The van der Waals surface area contributed by atoms with Crippen molar-refractivity contribution in [3.05, 3.63) is 102 Å². The molecule has 8 heteroatoms. The van der Waals surface area contributed by atoms with Crippen molar-refractivity contribution < 1.29 is 22.7 Å². The first-order valence-electron chi connectivity index (χ1n) is 10.1. The summed E-state index contributed by atoms with van der Waals surface area (Å²) >= 11 is 0. The van der Waals surface area contributed by atoms with Gasteiger partial charge in [0.25, 0.3) is 5.91 Å². The number of nitrogens with one attached hydrogen (secondary N) is 1. The number of halogens is 3. The number of methoxy groups -OCH3 is 1. The summed E-state index contributed by atoms with van der Waals surface area (Å²) in [4.78, 5) is 13.0. The van der Waals surface area contributed by atoms with Gasteiger partial charge in [-0.1, -0.05) is 30.3 Å². The van der Waals surface area contributed by atoms with Gasteiger partial charge in [-0.2, -0.15) is 18.3 Å². The zero-order valence-corrected chi connectivity index (χ0v) is 17.6. The summed E-state index contributed by atoms with van der Waals surface area (Å²) in [5.74, 6) is 0.240. The van der Waals surface area contributed by atoms with Crippen molar-refractivity contribution in [2.45, 2.75) is 12.7 Å². The van der Waals surface area contributed by atoms with Crippen molar-refractivity contribution in [1.29, 1.82) is 0 Å². The molecular formula is C25H20F3N3O2. The Bertz CT molecular complexity index is 1250. The highest BCUT2D eigenvalue weighted by Gasteiger charge is 2.30. The number of aromatic nitrogens is 2. The Morgan fingerprint density at radius 1 is 0.970 bits per heavy atom. The third kappa shape index (κ3) is 5.06. The molecule has 0 saturated heterocycles. The highest BCUT2D eigenvalue weighted by molar-refractivity contribution is 5.94. The van der Waals surface area contributed by atoms with Crippen LogP contribution in [0.1, 0.15) is 21.6 Å². The van der Waals surface area contributed by atoms with Crippen LogP contribution < -0.4 is 10.1 Å². The minimum Gasteiger partial charge on any atom is -0.497 e. The van der Waals surface area contributed by atoms with E-state index >= 15 is 0 Å². The summed E-state index contributed by atoms with van der Waals surface area (Å²) in [7, 11) is 1.58. The van der Waals surface area contributed by atoms with Gasteiger partial charge in [-0.25, -0.2) is 4.68 Å². The normalized spacial score (nSPS) is 11.3. The number of carbonyl (C=O) groups is 1. The number of amides is 1. The third-order valence-electron chi connectivity index (χ3n) is 5.04. The molecule has 4 rings (SSSR count). The molecule has 0 bridgehead atoms. The van der Waals surface area contributed by atoms with Crippen molar-refractivity contribution in [1.82, 2.24) is 15.1 Å². The van der Waals surface area contributed by atoms with Crippen LogP contribution in [0.3, 0.4) is 0 Å². The first kappa shape index (κ1) is 22.1. The fourth-order valence-corrected chi connectivity index (χ4v) is 3.34. The summed E-state index contributed by atoms with van der Waals surface area (Å²) < 4.78 is 45.6. The van der Waals surface area contributed by atoms with Gasteiger partial charge in [-0.15, -0.1) is 0 Å². The molecule has 0 aliphatic carbocycles. The Morgan fingerprint density at radius 2 is 1.70 bits per heavy atom. The predicted molar refractivity (Wildman–Crippen MR) is 118 cm³/mol. The lowest BCUT2D eigenvalue weighted by Crippen LogP contribution is -2.25. The van der Waals surface area contributed by atoms with Crippen LogP contribution in [0.15, 0.2) is 84.9 Å². The second-order valence-corrected chi connectivity index (χ2v) is 7.27. The minimum atomic E-state index is -4.45. The first-order valence-corrected chi connectivity index (χ1v) is 10.1. The molecule has 33 heavy (non-hydrogen) atoms. The van der Waals surface area contributed by atoms with Crippen molar-refractivity contribution >= 4 is 5.91 Å². The van der Waals surface area contributed by atoms with Gasteiger partial charge in [0.15, 0.2) is 0 Å². The molecule has 168 valence electrons. The molecule has 0 spiro atoms. The van der Waals surface area contributed by atoms with Gasteiger partial charge >= 0.3 is 6.18 Å². The van der Waals surface area contributed by atoms with Crippen molar-refractivity contribution in [3.63, 3.8) is 0 Å². The smallest absolute Gasteiger partial charge is 0.416 e. The SMILES string of the molecule is COc1ccc(-c2cc(C(=O)NCc3cccc(C(F)(F)F)c3)n(-c3ccccc3)n2)cc1. The number of alkyl halides is 3. The molecular weight excluding hydrogens is 431 g/mol. The van der Waals surface area contributed by atoms with Crippen molar-refractivity contribution in [2.75, 3.05) is 7.11 Å². The molecule has 0 aliphatic rings. The maximum Gasteiger partial charge on any atom is 0.416 e. The Morgan fingerprint density at radius 3 is 2.36 bits per heavy atom. The van der Waals surface area contributed by atoms with Gasteiger partial charge in [0.05, 0.1) is 24.1 Å². The summed E-state index contributed by atoms with van der Waals surface area (Å²) in [6, 6.07) is 22.9. The van der Waals surface area contributed by atoms with Crippen LogP contribution in [-0.2, 0) is 12.7 Å². The lowest BCUT2D eigenvalue weighted by Gasteiger charge is -2.10. The quantitative estimate of drug-likeness (QED) is 0.421. The van der Waals surface area contributed by atoms with Gasteiger partial charge in [0.2, 0.25) is 0 Å². The first-order chi connectivity index (χ1) is 15.8. The van der Waals surface area contributed by atoms with Gasteiger partial charge in [0.1, 0.15) is 11.4 Å². The van der Waals surface area contributed by atoms with E-state index in [2.05, 4.69) is 10.4 Å². The van der Waals surface area contributed by atoms with Crippen molar-refractivity contribution in [2.24, 2.45) is 0 Å². The summed E-state index contributed by atoms with van der Waals surface area (Å²) in [6.07, 6.45) is -4.45. The minimum absolute atomic E-state index is 0.0550. The van der Waals surface area contributed by atoms with E-state index < -0.39 is 17.6 Å². The molecule has 0 saturated carbocycles. The summed E-state index contributed by atoms with van der Waals surface area (Å²) in [5.41, 5.74) is 1.90. The van der Waals surface area contributed by atoms with E-state index in [9.17, 15) is 18.0 Å². The molecule has 0 radical (unpaired) electrons. The van der Waals surface area contributed by atoms with Crippen molar-refractivity contribution in [3.8, 4) is 22.7 Å². The number of para-hydroxylation sites is 1.